The lowest BCUT2D eigenvalue weighted by molar-refractivity contribution is -0.118. The van der Waals surface area contributed by atoms with Crippen LogP contribution in [0.3, 0.4) is 0 Å². The molecule has 3 aromatic rings. The number of amides is 1. The van der Waals surface area contributed by atoms with Crippen LogP contribution in [0.15, 0.2) is 28.2 Å². The molecule has 2 aromatic heterocycles. The molecule has 9 heteroatoms. The Morgan fingerprint density at radius 3 is 3.00 bits per heavy atom. The lowest BCUT2D eigenvalue weighted by Gasteiger charge is -2.18. The van der Waals surface area contributed by atoms with E-state index in [0.29, 0.717) is 32.9 Å². The molecule has 1 N–H and O–H groups in total. The van der Waals surface area contributed by atoms with Crippen molar-refractivity contribution < 1.29 is 9.53 Å². The third kappa shape index (κ3) is 3.84. The topological polar surface area (TPSA) is 73.2 Å². The minimum absolute atomic E-state index is 0.141. The molecule has 0 aliphatic heterocycles. The van der Waals surface area contributed by atoms with E-state index in [1.807, 2.05) is 0 Å². The summed E-state index contributed by atoms with van der Waals surface area (Å²) in [5.74, 6) is 1.13. The highest BCUT2D eigenvalue weighted by molar-refractivity contribution is 7.99. The van der Waals surface area contributed by atoms with Gasteiger partial charge in [0.15, 0.2) is 5.16 Å². The average Bonchev–Trinajstić information content (AvgIpc) is 3.09. The van der Waals surface area contributed by atoms with Gasteiger partial charge in [-0.25, -0.2) is 4.98 Å². The van der Waals surface area contributed by atoms with Crippen molar-refractivity contribution in [2.24, 2.45) is 5.92 Å². The number of carbonyl (C=O) groups excluding carboxylic acids is 1. The Morgan fingerprint density at radius 2 is 2.27 bits per heavy atom. The van der Waals surface area contributed by atoms with Crippen molar-refractivity contribution in [1.82, 2.24) is 14.9 Å². The Morgan fingerprint density at radius 1 is 1.47 bits per heavy atom. The molecule has 1 aromatic carbocycles. The summed E-state index contributed by atoms with van der Waals surface area (Å²) in [5, 5.41) is 4.21. The first kappa shape index (κ1) is 21.2. The van der Waals surface area contributed by atoms with Crippen LogP contribution in [0.1, 0.15) is 23.8 Å². The Hall–Kier alpha value is -2.03. The fraction of sp³-hybridized carbons (Fsp3) is 0.381. The number of hydrogen-bond acceptors (Lipinski definition) is 6. The van der Waals surface area contributed by atoms with Gasteiger partial charge in [0.1, 0.15) is 10.6 Å². The Labute approximate surface area is 187 Å². The SMILES string of the molecule is CNC(=O)CSc1nc2sc3c(c2c(=O)n1-c1cc(Cl)ccc1OC)CCC(C)C3. The van der Waals surface area contributed by atoms with Gasteiger partial charge in [-0.2, -0.15) is 0 Å². The standard InChI is InChI=1S/C21H22ClN3O3S2/c1-11-4-6-13-16(8-11)30-19-18(13)20(27)25(21(24-19)29-10-17(26)23-2)14-9-12(22)5-7-15(14)28-3/h5,7,9,11H,4,6,8,10H2,1-3H3,(H,23,26). The van der Waals surface area contributed by atoms with Crippen molar-refractivity contribution in [2.75, 3.05) is 19.9 Å². The average molecular weight is 464 g/mol. The zero-order valence-corrected chi connectivity index (χ0v) is 19.3. The van der Waals surface area contributed by atoms with Gasteiger partial charge in [0, 0.05) is 16.9 Å². The predicted molar refractivity (Wildman–Crippen MR) is 123 cm³/mol. The lowest BCUT2D eigenvalue weighted by atomic mass is 9.89. The van der Waals surface area contributed by atoms with Crippen LogP contribution in [-0.4, -0.2) is 35.4 Å². The maximum absolute atomic E-state index is 13.8. The molecule has 4 rings (SSSR count). The molecule has 158 valence electrons. The normalized spacial score (nSPS) is 15.8. The first-order valence-electron chi connectivity index (χ1n) is 9.67. The summed E-state index contributed by atoms with van der Waals surface area (Å²) in [6.07, 6.45) is 2.91. The molecule has 0 bridgehead atoms. The van der Waals surface area contributed by atoms with E-state index in [1.54, 1.807) is 43.7 Å². The molecular formula is C21H22ClN3O3S2. The number of fused-ring (bicyclic) bond motifs is 3. The molecule has 1 atom stereocenters. The van der Waals surface area contributed by atoms with E-state index >= 15 is 0 Å². The van der Waals surface area contributed by atoms with Crippen molar-refractivity contribution in [3.05, 3.63) is 44.0 Å². The Kier molecular flexibility index (Phi) is 6.09. The van der Waals surface area contributed by atoms with Crippen LogP contribution in [-0.2, 0) is 17.6 Å². The summed E-state index contributed by atoms with van der Waals surface area (Å²) in [7, 11) is 3.13. The lowest BCUT2D eigenvalue weighted by Crippen LogP contribution is -2.25. The molecule has 2 heterocycles. The maximum Gasteiger partial charge on any atom is 0.267 e. The van der Waals surface area contributed by atoms with Gasteiger partial charge >= 0.3 is 0 Å². The number of methoxy groups -OCH3 is 1. The summed E-state index contributed by atoms with van der Waals surface area (Å²) in [6, 6.07) is 5.14. The second-order valence-electron chi connectivity index (χ2n) is 7.34. The zero-order chi connectivity index (χ0) is 21.4. The van der Waals surface area contributed by atoms with E-state index in [1.165, 1.54) is 21.2 Å². The highest BCUT2D eigenvalue weighted by atomic mass is 35.5. The van der Waals surface area contributed by atoms with E-state index < -0.39 is 0 Å². The number of aryl methyl sites for hydroxylation is 1. The Bertz CT molecular complexity index is 1190. The number of benzene rings is 1. The van der Waals surface area contributed by atoms with Gasteiger partial charge < -0.3 is 10.1 Å². The third-order valence-electron chi connectivity index (χ3n) is 5.29. The molecule has 0 radical (unpaired) electrons. The van der Waals surface area contributed by atoms with Crippen LogP contribution >= 0.6 is 34.7 Å². The number of carbonyl (C=O) groups is 1. The van der Waals surface area contributed by atoms with E-state index in [0.717, 1.165) is 29.7 Å². The van der Waals surface area contributed by atoms with Gasteiger partial charge in [0.05, 0.1) is 23.9 Å². The van der Waals surface area contributed by atoms with E-state index in [9.17, 15) is 9.59 Å². The minimum Gasteiger partial charge on any atom is -0.495 e. The second-order valence-corrected chi connectivity index (χ2v) is 9.81. The quantitative estimate of drug-likeness (QED) is 0.456. The molecular weight excluding hydrogens is 442 g/mol. The smallest absolute Gasteiger partial charge is 0.267 e. The van der Waals surface area contributed by atoms with Crippen LogP contribution in [0.5, 0.6) is 5.75 Å². The van der Waals surface area contributed by atoms with Crippen LogP contribution in [0, 0.1) is 5.92 Å². The predicted octanol–water partition coefficient (Wildman–Crippen LogP) is 4.07. The van der Waals surface area contributed by atoms with E-state index in [-0.39, 0.29) is 17.2 Å². The number of nitrogens with zero attached hydrogens (tertiary/aromatic N) is 2. The fourth-order valence-corrected chi connectivity index (χ4v) is 6.19. The second kappa shape index (κ2) is 8.61. The number of hydrogen-bond donors (Lipinski definition) is 1. The minimum atomic E-state index is -0.146. The summed E-state index contributed by atoms with van der Waals surface area (Å²) >= 11 is 9.06. The van der Waals surface area contributed by atoms with Crippen LogP contribution in [0.25, 0.3) is 15.9 Å². The first-order valence-corrected chi connectivity index (χ1v) is 11.9. The van der Waals surface area contributed by atoms with E-state index in [2.05, 4.69) is 12.2 Å². The summed E-state index contributed by atoms with van der Waals surface area (Å²) in [4.78, 5) is 32.4. The highest BCUT2D eigenvalue weighted by Crippen LogP contribution is 2.37. The molecule has 0 saturated heterocycles. The van der Waals surface area contributed by atoms with Crippen molar-refractivity contribution in [3.8, 4) is 11.4 Å². The molecule has 0 spiro atoms. The van der Waals surface area contributed by atoms with E-state index in [4.69, 9.17) is 21.3 Å². The van der Waals surface area contributed by atoms with Crippen molar-refractivity contribution in [1.29, 1.82) is 0 Å². The summed E-state index contributed by atoms with van der Waals surface area (Å²) < 4.78 is 7.03. The summed E-state index contributed by atoms with van der Waals surface area (Å²) in [6.45, 7) is 2.24. The van der Waals surface area contributed by atoms with Gasteiger partial charge in [-0.05, 0) is 48.9 Å². The number of halogens is 1. The molecule has 0 fully saturated rings. The molecule has 30 heavy (non-hydrogen) atoms. The molecule has 1 aliphatic rings. The number of nitrogens with one attached hydrogen (secondary N) is 1. The number of aromatic nitrogens is 2. The van der Waals surface area contributed by atoms with Gasteiger partial charge in [-0.3, -0.25) is 14.2 Å². The van der Waals surface area contributed by atoms with Gasteiger partial charge in [-0.1, -0.05) is 30.3 Å². The number of thiophene rings is 1. The summed E-state index contributed by atoms with van der Waals surface area (Å²) in [5.41, 5.74) is 1.49. The molecule has 1 amide bonds. The fourth-order valence-electron chi connectivity index (χ4n) is 3.72. The van der Waals surface area contributed by atoms with Crippen molar-refractivity contribution in [2.45, 2.75) is 31.3 Å². The van der Waals surface area contributed by atoms with Crippen LogP contribution < -0.4 is 15.6 Å². The Balaban J connectivity index is 1.98. The van der Waals surface area contributed by atoms with Gasteiger partial charge in [0.25, 0.3) is 5.56 Å². The zero-order valence-electron chi connectivity index (χ0n) is 17.0. The van der Waals surface area contributed by atoms with Crippen LogP contribution in [0.2, 0.25) is 5.02 Å². The molecule has 1 aliphatic carbocycles. The first-order chi connectivity index (χ1) is 14.4. The largest absolute Gasteiger partial charge is 0.495 e. The third-order valence-corrected chi connectivity index (χ3v) is 7.61. The monoisotopic (exact) mass is 463 g/mol. The number of ether oxygens (including phenoxy) is 1. The van der Waals surface area contributed by atoms with Crippen molar-refractivity contribution in [3.63, 3.8) is 0 Å². The number of rotatable bonds is 5. The molecule has 1 unspecified atom stereocenters. The molecule has 6 nitrogen and oxygen atoms in total. The van der Waals surface area contributed by atoms with Gasteiger partial charge in [0.2, 0.25) is 5.91 Å². The maximum atomic E-state index is 13.8. The number of thioether (sulfide) groups is 1. The highest BCUT2D eigenvalue weighted by Gasteiger charge is 2.26. The van der Waals surface area contributed by atoms with Gasteiger partial charge in [-0.15, -0.1) is 11.3 Å². The van der Waals surface area contributed by atoms with Crippen LogP contribution in [0.4, 0.5) is 0 Å². The molecule has 0 saturated carbocycles. The van der Waals surface area contributed by atoms with Crippen molar-refractivity contribution >= 4 is 50.8 Å².